The zero-order valence-electron chi connectivity index (χ0n) is 12.1. The van der Waals surface area contributed by atoms with Crippen molar-refractivity contribution in [1.29, 1.82) is 0 Å². The van der Waals surface area contributed by atoms with Crippen LogP contribution in [0.1, 0.15) is 48.0 Å². The van der Waals surface area contributed by atoms with Gasteiger partial charge in [0.25, 0.3) is 11.6 Å². The molecule has 1 aliphatic carbocycles. The number of hydrogen-bond donors (Lipinski definition) is 2. The lowest BCUT2D eigenvalue weighted by molar-refractivity contribution is -0.384. The summed E-state index contributed by atoms with van der Waals surface area (Å²) in [5.41, 5.74) is 0.281. The molecule has 0 saturated heterocycles. The van der Waals surface area contributed by atoms with E-state index >= 15 is 0 Å². The number of aliphatic hydroxyl groups is 1. The molecule has 0 radical (unpaired) electrons. The molecule has 1 fully saturated rings. The number of nitro benzene ring substituents is 1. The van der Waals surface area contributed by atoms with E-state index in [1.54, 1.807) is 13.0 Å². The summed E-state index contributed by atoms with van der Waals surface area (Å²) in [6.45, 7) is 1.64. The van der Waals surface area contributed by atoms with Crippen LogP contribution in [0.4, 0.5) is 5.69 Å². The maximum atomic E-state index is 12.4. The maximum absolute atomic E-state index is 12.4. The molecule has 21 heavy (non-hydrogen) atoms. The van der Waals surface area contributed by atoms with Crippen LogP contribution < -0.4 is 5.32 Å². The largest absolute Gasteiger partial charge is 0.394 e. The summed E-state index contributed by atoms with van der Waals surface area (Å²) in [6.07, 6.45) is 4.52. The molecule has 6 heteroatoms. The zero-order chi connectivity index (χ0) is 15.5. The Labute approximate surface area is 123 Å². The van der Waals surface area contributed by atoms with Crippen molar-refractivity contribution in [2.45, 2.75) is 44.6 Å². The molecule has 6 nitrogen and oxygen atoms in total. The normalized spacial score (nSPS) is 17.2. The number of aliphatic hydroxyl groups excluding tert-OH is 1. The first-order valence-corrected chi connectivity index (χ1v) is 7.16. The predicted octanol–water partition coefficient (Wildman–Crippen LogP) is 2.33. The Kier molecular flexibility index (Phi) is 4.57. The minimum absolute atomic E-state index is 0.104. The van der Waals surface area contributed by atoms with Gasteiger partial charge in [-0.2, -0.15) is 0 Å². The number of benzene rings is 1. The molecular weight excluding hydrogens is 272 g/mol. The van der Waals surface area contributed by atoms with Gasteiger partial charge in [0.1, 0.15) is 0 Å². The Hall–Kier alpha value is -1.95. The Morgan fingerprint density at radius 3 is 2.62 bits per heavy atom. The topological polar surface area (TPSA) is 92.5 Å². The summed E-state index contributed by atoms with van der Waals surface area (Å²) in [5, 5.41) is 23.4. The molecule has 0 atom stereocenters. The van der Waals surface area contributed by atoms with Crippen molar-refractivity contribution in [3.05, 3.63) is 39.4 Å². The molecule has 1 aliphatic rings. The van der Waals surface area contributed by atoms with E-state index in [4.69, 9.17) is 0 Å². The average Bonchev–Trinajstić information content (AvgIpc) is 2.48. The van der Waals surface area contributed by atoms with E-state index in [0.29, 0.717) is 11.1 Å². The highest BCUT2D eigenvalue weighted by Gasteiger charge is 2.33. The molecule has 0 aromatic heterocycles. The number of carbonyl (C=O) groups excluding carboxylic acids is 1. The molecule has 114 valence electrons. The molecule has 2 N–H and O–H groups in total. The first-order valence-electron chi connectivity index (χ1n) is 7.16. The molecule has 0 aliphatic heterocycles. The van der Waals surface area contributed by atoms with Crippen molar-refractivity contribution in [2.24, 2.45) is 0 Å². The summed E-state index contributed by atoms with van der Waals surface area (Å²) < 4.78 is 0. The van der Waals surface area contributed by atoms with Gasteiger partial charge in [-0.3, -0.25) is 14.9 Å². The third kappa shape index (κ3) is 3.39. The molecule has 0 unspecified atom stereocenters. The second kappa shape index (κ2) is 6.22. The highest BCUT2D eigenvalue weighted by molar-refractivity contribution is 5.96. The molecule has 1 saturated carbocycles. The summed E-state index contributed by atoms with van der Waals surface area (Å²) in [6, 6.07) is 4.24. The van der Waals surface area contributed by atoms with Crippen LogP contribution in [0.3, 0.4) is 0 Å². The highest BCUT2D eigenvalue weighted by Crippen LogP contribution is 2.28. The number of non-ortho nitro benzene ring substituents is 1. The van der Waals surface area contributed by atoms with E-state index in [2.05, 4.69) is 5.32 Å². The van der Waals surface area contributed by atoms with E-state index in [0.717, 1.165) is 32.1 Å². The smallest absolute Gasteiger partial charge is 0.270 e. The number of carbonyl (C=O) groups is 1. The molecule has 0 heterocycles. The van der Waals surface area contributed by atoms with E-state index in [1.165, 1.54) is 12.1 Å². The second-order valence-electron chi connectivity index (χ2n) is 5.71. The van der Waals surface area contributed by atoms with Gasteiger partial charge in [-0.1, -0.05) is 25.3 Å². The Morgan fingerprint density at radius 2 is 2.05 bits per heavy atom. The van der Waals surface area contributed by atoms with Crippen molar-refractivity contribution in [2.75, 3.05) is 6.61 Å². The number of nitro groups is 1. The van der Waals surface area contributed by atoms with E-state index in [1.807, 2.05) is 0 Å². The van der Waals surface area contributed by atoms with Crippen LogP contribution in [-0.2, 0) is 0 Å². The summed E-state index contributed by atoms with van der Waals surface area (Å²) in [5.74, 6) is -0.354. The lowest BCUT2D eigenvalue weighted by Gasteiger charge is -2.36. The van der Waals surface area contributed by atoms with Crippen LogP contribution in [0.2, 0.25) is 0 Å². The number of rotatable bonds is 4. The number of hydrogen-bond acceptors (Lipinski definition) is 4. The first-order chi connectivity index (χ1) is 9.97. The van der Waals surface area contributed by atoms with Crippen molar-refractivity contribution in [3.63, 3.8) is 0 Å². The quantitative estimate of drug-likeness (QED) is 0.658. The van der Waals surface area contributed by atoms with Crippen LogP contribution in [0.5, 0.6) is 0 Å². The molecule has 1 amide bonds. The van der Waals surface area contributed by atoms with Gasteiger partial charge < -0.3 is 10.4 Å². The Bertz CT molecular complexity index is 551. The van der Waals surface area contributed by atoms with Crippen molar-refractivity contribution in [3.8, 4) is 0 Å². The lowest BCUT2D eigenvalue weighted by Crippen LogP contribution is -2.52. The van der Waals surface area contributed by atoms with Gasteiger partial charge >= 0.3 is 0 Å². The van der Waals surface area contributed by atoms with Crippen LogP contribution in [0, 0.1) is 17.0 Å². The third-order valence-electron chi connectivity index (χ3n) is 4.17. The maximum Gasteiger partial charge on any atom is 0.270 e. The molecular formula is C15H20N2O4. The van der Waals surface area contributed by atoms with Crippen LogP contribution in [0.15, 0.2) is 18.2 Å². The van der Waals surface area contributed by atoms with Crippen molar-refractivity contribution in [1.82, 2.24) is 5.32 Å². The fraction of sp³-hybridized carbons (Fsp3) is 0.533. The van der Waals surface area contributed by atoms with E-state index in [9.17, 15) is 20.0 Å². The zero-order valence-corrected chi connectivity index (χ0v) is 12.1. The average molecular weight is 292 g/mol. The van der Waals surface area contributed by atoms with Crippen LogP contribution in [0.25, 0.3) is 0 Å². The van der Waals surface area contributed by atoms with Crippen molar-refractivity contribution < 1.29 is 14.8 Å². The van der Waals surface area contributed by atoms with Gasteiger partial charge in [0.2, 0.25) is 0 Å². The molecule has 2 rings (SSSR count). The van der Waals surface area contributed by atoms with E-state index < -0.39 is 10.5 Å². The van der Waals surface area contributed by atoms with Gasteiger partial charge in [0.15, 0.2) is 0 Å². The second-order valence-corrected chi connectivity index (χ2v) is 5.71. The summed E-state index contributed by atoms with van der Waals surface area (Å²) in [7, 11) is 0. The third-order valence-corrected chi connectivity index (χ3v) is 4.17. The summed E-state index contributed by atoms with van der Waals surface area (Å²) >= 11 is 0. The van der Waals surface area contributed by atoms with Gasteiger partial charge in [-0.05, 0) is 25.3 Å². The highest BCUT2D eigenvalue weighted by atomic mass is 16.6. The van der Waals surface area contributed by atoms with E-state index in [-0.39, 0.29) is 18.2 Å². The number of nitrogens with zero attached hydrogens (tertiary/aromatic N) is 1. The van der Waals surface area contributed by atoms with Crippen LogP contribution >= 0.6 is 0 Å². The molecule has 0 spiro atoms. The summed E-state index contributed by atoms with van der Waals surface area (Å²) in [4.78, 5) is 22.7. The SMILES string of the molecule is Cc1ccc([N+](=O)[O-])cc1C(=O)NC1(CO)CCCCC1. The molecule has 1 aromatic rings. The van der Waals surface area contributed by atoms with Crippen LogP contribution in [-0.4, -0.2) is 28.1 Å². The number of amides is 1. The van der Waals surface area contributed by atoms with Gasteiger partial charge in [0.05, 0.1) is 17.1 Å². The monoisotopic (exact) mass is 292 g/mol. The standard InChI is InChI=1S/C15H20N2O4/c1-11-5-6-12(17(20)21)9-13(11)14(19)16-15(10-18)7-3-2-4-8-15/h5-6,9,18H,2-4,7-8,10H2,1H3,(H,16,19). The number of aryl methyl sites for hydroxylation is 1. The van der Waals surface area contributed by atoms with Gasteiger partial charge in [-0.25, -0.2) is 0 Å². The Morgan fingerprint density at radius 1 is 1.38 bits per heavy atom. The fourth-order valence-electron chi connectivity index (χ4n) is 2.83. The van der Waals surface area contributed by atoms with Gasteiger partial charge in [-0.15, -0.1) is 0 Å². The fourth-order valence-corrected chi connectivity index (χ4v) is 2.83. The molecule has 0 bridgehead atoms. The number of nitrogens with one attached hydrogen (secondary N) is 1. The minimum atomic E-state index is -0.591. The minimum Gasteiger partial charge on any atom is -0.394 e. The molecule has 1 aromatic carbocycles. The first kappa shape index (κ1) is 15.4. The Balaban J connectivity index is 2.23. The lowest BCUT2D eigenvalue weighted by atomic mass is 9.82. The van der Waals surface area contributed by atoms with Crippen molar-refractivity contribution >= 4 is 11.6 Å². The predicted molar refractivity (Wildman–Crippen MR) is 78.2 cm³/mol. The van der Waals surface area contributed by atoms with Gasteiger partial charge in [0, 0.05) is 17.7 Å².